The van der Waals surface area contributed by atoms with Crippen LogP contribution in [0.4, 0.5) is 4.79 Å². The van der Waals surface area contributed by atoms with Crippen molar-refractivity contribution >= 4 is 12.0 Å². The highest BCUT2D eigenvalue weighted by Gasteiger charge is 2.42. The van der Waals surface area contributed by atoms with E-state index in [4.69, 9.17) is 0 Å². The van der Waals surface area contributed by atoms with Crippen molar-refractivity contribution in [2.45, 2.75) is 58.5 Å². The molecule has 0 radical (unpaired) electrons. The molecule has 0 aromatic heterocycles. The van der Waals surface area contributed by atoms with Crippen LogP contribution in [-0.2, 0) is 4.79 Å². The summed E-state index contributed by atoms with van der Waals surface area (Å²) in [5.74, 6) is -0.489. The average molecular weight is 256 g/mol. The predicted octanol–water partition coefficient (Wildman–Crippen LogP) is 2.07. The number of rotatable bonds is 5. The summed E-state index contributed by atoms with van der Waals surface area (Å²) in [6.07, 6.45) is 2.25. The number of hydrogen-bond donors (Lipinski definition) is 2. The highest BCUT2D eigenvalue weighted by atomic mass is 16.4. The molecule has 2 amide bonds. The zero-order chi connectivity index (χ0) is 14.1. The molecule has 0 spiro atoms. The third kappa shape index (κ3) is 2.94. The van der Waals surface area contributed by atoms with Crippen LogP contribution >= 0.6 is 0 Å². The maximum absolute atomic E-state index is 12.2. The van der Waals surface area contributed by atoms with Gasteiger partial charge in [-0.05, 0) is 53.4 Å². The lowest BCUT2D eigenvalue weighted by Gasteiger charge is -2.37. The molecule has 1 aliphatic rings. The first-order chi connectivity index (χ1) is 8.13. The summed E-state index contributed by atoms with van der Waals surface area (Å²) >= 11 is 0. The van der Waals surface area contributed by atoms with E-state index in [1.165, 1.54) is 4.90 Å². The van der Waals surface area contributed by atoms with Crippen LogP contribution < -0.4 is 5.32 Å². The van der Waals surface area contributed by atoms with Crippen LogP contribution in [0.2, 0.25) is 0 Å². The third-order valence-corrected chi connectivity index (χ3v) is 3.79. The van der Waals surface area contributed by atoms with Gasteiger partial charge in [-0.25, -0.2) is 9.59 Å². The molecule has 1 rings (SSSR count). The van der Waals surface area contributed by atoms with E-state index < -0.39 is 11.5 Å². The first kappa shape index (κ1) is 14.8. The minimum absolute atomic E-state index is 0.265. The molecule has 18 heavy (non-hydrogen) atoms. The van der Waals surface area contributed by atoms with E-state index in [1.54, 1.807) is 20.8 Å². The smallest absolute Gasteiger partial charge is 0.329 e. The fourth-order valence-electron chi connectivity index (χ4n) is 2.16. The van der Waals surface area contributed by atoms with Crippen LogP contribution in [0.15, 0.2) is 0 Å². The van der Waals surface area contributed by atoms with E-state index in [-0.39, 0.29) is 11.6 Å². The van der Waals surface area contributed by atoms with Gasteiger partial charge in [-0.3, -0.25) is 0 Å². The monoisotopic (exact) mass is 256 g/mol. The van der Waals surface area contributed by atoms with Crippen LogP contribution in [0.5, 0.6) is 0 Å². The van der Waals surface area contributed by atoms with E-state index in [2.05, 4.69) is 5.32 Å². The number of carboxylic acid groups (broad SMARTS) is 1. The summed E-state index contributed by atoms with van der Waals surface area (Å²) < 4.78 is 0. The van der Waals surface area contributed by atoms with Crippen LogP contribution in [0.1, 0.15) is 47.5 Å². The van der Waals surface area contributed by atoms with Gasteiger partial charge in [0.05, 0.1) is 0 Å². The summed E-state index contributed by atoms with van der Waals surface area (Å²) in [6, 6.07) is -0.304. The number of nitrogens with one attached hydrogen (secondary N) is 1. The van der Waals surface area contributed by atoms with Crippen molar-refractivity contribution in [1.82, 2.24) is 10.2 Å². The number of carboxylic acids is 1. The van der Waals surface area contributed by atoms with Crippen molar-refractivity contribution in [3.8, 4) is 0 Å². The van der Waals surface area contributed by atoms with Gasteiger partial charge in [0, 0.05) is 12.1 Å². The fraction of sp³-hybridized carbons (Fsp3) is 0.846. The summed E-state index contributed by atoms with van der Waals surface area (Å²) in [4.78, 5) is 24.8. The molecule has 0 unspecified atom stereocenters. The molecule has 0 aromatic rings. The van der Waals surface area contributed by atoms with Crippen molar-refractivity contribution in [2.24, 2.45) is 5.92 Å². The topological polar surface area (TPSA) is 69.6 Å². The summed E-state index contributed by atoms with van der Waals surface area (Å²) in [5, 5.41) is 12.1. The maximum Gasteiger partial charge on any atom is 0.329 e. The SMILES string of the molecule is CCN(C(=O)NC(C)(C)C1CC1)C(C)(C)C(=O)O. The van der Waals surface area contributed by atoms with Gasteiger partial charge in [0.1, 0.15) is 5.54 Å². The molecule has 0 atom stereocenters. The van der Waals surface area contributed by atoms with Crippen LogP contribution in [0.25, 0.3) is 0 Å². The van der Waals surface area contributed by atoms with Crippen molar-refractivity contribution < 1.29 is 14.7 Å². The number of likely N-dealkylation sites (N-methyl/N-ethyl adjacent to an activating group) is 1. The molecular formula is C13H24N2O3. The van der Waals surface area contributed by atoms with E-state index >= 15 is 0 Å². The van der Waals surface area contributed by atoms with Gasteiger partial charge in [-0.2, -0.15) is 0 Å². The van der Waals surface area contributed by atoms with Gasteiger partial charge in [-0.1, -0.05) is 0 Å². The Morgan fingerprint density at radius 3 is 2.11 bits per heavy atom. The van der Waals surface area contributed by atoms with Crippen LogP contribution in [-0.4, -0.2) is 39.6 Å². The third-order valence-electron chi connectivity index (χ3n) is 3.79. The number of nitrogens with zero attached hydrogens (tertiary/aromatic N) is 1. The summed E-state index contributed by atoms with van der Waals surface area (Å²) in [7, 11) is 0. The van der Waals surface area contributed by atoms with Gasteiger partial charge in [0.15, 0.2) is 0 Å². The number of carbonyl (C=O) groups excluding carboxylic acids is 1. The molecule has 1 fully saturated rings. The van der Waals surface area contributed by atoms with Gasteiger partial charge < -0.3 is 15.3 Å². The van der Waals surface area contributed by atoms with E-state index in [0.29, 0.717) is 12.5 Å². The zero-order valence-corrected chi connectivity index (χ0v) is 11.9. The summed E-state index contributed by atoms with van der Waals surface area (Å²) in [5.41, 5.74) is -1.46. The predicted molar refractivity (Wildman–Crippen MR) is 69.4 cm³/mol. The fourth-order valence-corrected chi connectivity index (χ4v) is 2.16. The lowest BCUT2D eigenvalue weighted by Crippen LogP contribution is -2.59. The molecule has 5 nitrogen and oxygen atoms in total. The Bertz CT molecular complexity index is 346. The quantitative estimate of drug-likeness (QED) is 0.791. The van der Waals surface area contributed by atoms with E-state index in [9.17, 15) is 14.7 Å². The lowest BCUT2D eigenvalue weighted by atomic mass is 9.98. The van der Waals surface area contributed by atoms with Gasteiger partial charge in [-0.15, -0.1) is 0 Å². The molecule has 0 aromatic carbocycles. The van der Waals surface area contributed by atoms with E-state index in [1.807, 2.05) is 13.8 Å². The minimum atomic E-state index is -1.20. The molecule has 2 N–H and O–H groups in total. The van der Waals surface area contributed by atoms with Gasteiger partial charge in [0.2, 0.25) is 0 Å². The van der Waals surface area contributed by atoms with Crippen LogP contribution in [0.3, 0.4) is 0 Å². The van der Waals surface area contributed by atoms with Crippen LogP contribution in [0, 0.1) is 5.92 Å². The Morgan fingerprint density at radius 2 is 1.78 bits per heavy atom. The molecular weight excluding hydrogens is 232 g/mol. The molecule has 5 heteroatoms. The Kier molecular flexibility index (Phi) is 3.93. The molecule has 1 aliphatic carbocycles. The van der Waals surface area contributed by atoms with E-state index in [0.717, 1.165) is 12.8 Å². The molecule has 0 bridgehead atoms. The highest BCUT2D eigenvalue weighted by Crippen LogP contribution is 2.39. The molecule has 0 saturated heterocycles. The Morgan fingerprint density at radius 1 is 1.28 bits per heavy atom. The second-order valence-electron chi connectivity index (χ2n) is 6.03. The van der Waals surface area contributed by atoms with Crippen molar-refractivity contribution in [2.75, 3.05) is 6.54 Å². The maximum atomic E-state index is 12.2. The Hall–Kier alpha value is -1.26. The molecule has 1 saturated carbocycles. The van der Waals surface area contributed by atoms with Crippen molar-refractivity contribution in [1.29, 1.82) is 0 Å². The Labute approximate surface area is 109 Å². The summed E-state index contributed by atoms with van der Waals surface area (Å²) in [6.45, 7) is 9.22. The highest BCUT2D eigenvalue weighted by molar-refractivity contribution is 5.85. The largest absolute Gasteiger partial charge is 0.480 e. The van der Waals surface area contributed by atoms with Crippen molar-refractivity contribution in [3.05, 3.63) is 0 Å². The number of amides is 2. The normalized spacial score (nSPS) is 16.3. The second kappa shape index (κ2) is 4.78. The zero-order valence-electron chi connectivity index (χ0n) is 11.9. The number of carbonyl (C=O) groups is 2. The number of aliphatic carboxylic acids is 1. The standard InChI is InChI=1S/C13H24N2O3/c1-6-15(13(4,5)10(16)17)11(18)14-12(2,3)9-7-8-9/h9H,6-8H2,1-5H3,(H,14,18)(H,16,17). The van der Waals surface area contributed by atoms with Gasteiger partial charge >= 0.3 is 12.0 Å². The second-order valence-corrected chi connectivity index (χ2v) is 6.03. The lowest BCUT2D eigenvalue weighted by molar-refractivity contribution is -0.147. The minimum Gasteiger partial charge on any atom is -0.480 e. The van der Waals surface area contributed by atoms with Crippen molar-refractivity contribution in [3.63, 3.8) is 0 Å². The molecule has 104 valence electrons. The first-order valence-corrected chi connectivity index (χ1v) is 6.46. The number of urea groups is 1. The molecule has 0 heterocycles. The first-order valence-electron chi connectivity index (χ1n) is 6.46. The van der Waals surface area contributed by atoms with Gasteiger partial charge in [0.25, 0.3) is 0 Å². The molecule has 0 aliphatic heterocycles. The number of hydrogen-bond acceptors (Lipinski definition) is 2. The average Bonchev–Trinajstić information content (AvgIpc) is 2.99. The Balaban J connectivity index is 2.76.